The second-order valence-corrected chi connectivity index (χ2v) is 7.17. The van der Waals surface area contributed by atoms with Gasteiger partial charge in [-0.1, -0.05) is 0 Å². The summed E-state index contributed by atoms with van der Waals surface area (Å²) in [4.78, 5) is 37.7. The maximum Gasteiger partial charge on any atom is 0.325 e. The molecule has 1 aliphatic heterocycles. The molecule has 0 spiro atoms. The quantitative estimate of drug-likeness (QED) is 0.729. The Morgan fingerprint density at radius 3 is 2.60 bits per heavy atom. The lowest BCUT2D eigenvalue weighted by Crippen LogP contribution is -2.47. The standard InChI is InChI=1S/C17H25N5O3/c1-10-13(11(2)21(4)20-10)7-8-18-14(23)9-22-15(24)17(3,12-5-6-12)19-16(22)25/h12H,5-9H2,1-4H3,(H,18,23)(H,19,25). The van der Waals surface area contributed by atoms with Gasteiger partial charge in [0.2, 0.25) is 5.91 Å². The number of urea groups is 1. The highest BCUT2D eigenvalue weighted by Gasteiger charge is 2.56. The number of carbonyl (C=O) groups is 3. The summed E-state index contributed by atoms with van der Waals surface area (Å²) in [5.41, 5.74) is 2.28. The third kappa shape index (κ3) is 3.12. The van der Waals surface area contributed by atoms with Crippen LogP contribution in [-0.4, -0.2) is 51.2 Å². The van der Waals surface area contributed by atoms with E-state index in [4.69, 9.17) is 0 Å². The van der Waals surface area contributed by atoms with Crippen molar-refractivity contribution in [2.45, 2.75) is 45.6 Å². The molecule has 1 saturated heterocycles. The summed E-state index contributed by atoms with van der Waals surface area (Å²) in [5.74, 6) is -0.439. The molecule has 2 fully saturated rings. The molecule has 1 unspecified atom stereocenters. The van der Waals surface area contributed by atoms with Crippen molar-refractivity contribution in [1.82, 2.24) is 25.3 Å². The average molecular weight is 347 g/mol. The van der Waals surface area contributed by atoms with Gasteiger partial charge in [-0.15, -0.1) is 0 Å². The first-order chi connectivity index (χ1) is 11.7. The van der Waals surface area contributed by atoms with E-state index < -0.39 is 11.6 Å². The lowest BCUT2D eigenvalue weighted by molar-refractivity contribution is -0.135. The number of nitrogens with zero attached hydrogens (tertiary/aromatic N) is 3. The maximum atomic E-state index is 12.5. The van der Waals surface area contributed by atoms with Crippen LogP contribution in [0.15, 0.2) is 0 Å². The van der Waals surface area contributed by atoms with Crippen LogP contribution in [-0.2, 0) is 23.1 Å². The molecular weight excluding hydrogens is 322 g/mol. The van der Waals surface area contributed by atoms with E-state index in [9.17, 15) is 14.4 Å². The first-order valence-electron chi connectivity index (χ1n) is 8.64. The van der Waals surface area contributed by atoms with Gasteiger partial charge in [0.25, 0.3) is 5.91 Å². The van der Waals surface area contributed by atoms with Crippen LogP contribution in [0.4, 0.5) is 4.79 Å². The third-order valence-electron chi connectivity index (χ3n) is 5.35. The summed E-state index contributed by atoms with van der Waals surface area (Å²) < 4.78 is 1.82. The smallest absolute Gasteiger partial charge is 0.325 e. The molecule has 1 aliphatic carbocycles. The first kappa shape index (κ1) is 17.4. The van der Waals surface area contributed by atoms with Crippen molar-refractivity contribution in [1.29, 1.82) is 0 Å². The van der Waals surface area contributed by atoms with Crippen LogP contribution >= 0.6 is 0 Å². The van der Waals surface area contributed by atoms with E-state index in [0.29, 0.717) is 13.0 Å². The SMILES string of the molecule is Cc1nn(C)c(C)c1CCNC(=O)CN1C(=O)NC(C)(C2CC2)C1=O. The first-order valence-corrected chi connectivity index (χ1v) is 8.64. The van der Waals surface area contributed by atoms with E-state index in [-0.39, 0.29) is 24.3 Å². The molecule has 2 heterocycles. The Bertz CT molecular complexity index is 737. The van der Waals surface area contributed by atoms with E-state index in [1.165, 1.54) is 0 Å². The Kier molecular flexibility index (Phi) is 4.30. The molecule has 1 atom stereocenters. The van der Waals surface area contributed by atoms with Crippen molar-refractivity contribution in [3.05, 3.63) is 17.0 Å². The normalized spacial score (nSPS) is 23.1. The highest BCUT2D eigenvalue weighted by atomic mass is 16.2. The molecule has 0 radical (unpaired) electrons. The van der Waals surface area contributed by atoms with E-state index in [1.54, 1.807) is 6.92 Å². The molecule has 3 rings (SSSR count). The molecule has 2 N–H and O–H groups in total. The number of nitrogens with one attached hydrogen (secondary N) is 2. The highest BCUT2D eigenvalue weighted by Crippen LogP contribution is 2.42. The summed E-state index contributed by atoms with van der Waals surface area (Å²) in [6.07, 6.45) is 2.54. The minimum Gasteiger partial charge on any atom is -0.354 e. The molecule has 1 aromatic rings. The molecule has 136 valence electrons. The predicted octanol–water partition coefficient (Wildman–Crippen LogP) is 0.416. The lowest BCUT2D eigenvalue weighted by Gasteiger charge is -2.20. The van der Waals surface area contributed by atoms with Gasteiger partial charge in [0, 0.05) is 19.3 Å². The highest BCUT2D eigenvalue weighted by molar-refractivity contribution is 6.09. The third-order valence-corrected chi connectivity index (χ3v) is 5.35. The number of hydrogen-bond acceptors (Lipinski definition) is 4. The van der Waals surface area contributed by atoms with Gasteiger partial charge in [-0.2, -0.15) is 5.10 Å². The fourth-order valence-corrected chi connectivity index (χ4v) is 3.50. The number of rotatable bonds is 6. The Morgan fingerprint density at radius 1 is 1.36 bits per heavy atom. The number of aromatic nitrogens is 2. The zero-order chi connectivity index (χ0) is 18.4. The Labute approximate surface area is 146 Å². The number of imide groups is 1. The van der Waals surface area contributed by atoms with Gasteiger partial charge in [-0.25, -0.2) is 4.79 Å². The molecule has 0 aromatic carbocycles. The fourth-order valence-electron chi connectivity index (χ4n) is 3.50. The van der Waals surface area contributed by atoms with Crippen molar-refractivity contribution >= 4 is 17.8 Å². The second-order valence-electron chi connectivity index (χ2n) is 7.17. The van der Waals surface area contributed by atoms with Crippen LogP contribution < -0.4 is 10.6 Å². The van der Waals surface area contributed by atoms with Crippen LogP contribution in [0.3, 0.4) is 0 Å². The van der Waals surface area contributed by atoms with Crippen LogP contribution in [0.25, 0.3) is 0 Å². The monoisotopic (exact) mass is 347 g/mol. The number of carbonyl (C=O) groups excluding carboxylic acids is 3. The Balaban J connectivity index is 1.53. The summed E-state index contributed by atoms with van der Waals surface area (Å²) in [6.45, 7) is 5.88. The summed E-state index contributed by atoms with van der Waals surface area (Å²) in [5, 5.41) is 9.88. The molecule has 4 amide bonds. The van der Waals surface area contributed by atoms with E-state index in [0.717, 1.165) is 34.7 Å². The molecule has 25 heavy (non-hydrogen) atoms. The van der Waals surface area contributed by atoms with Crippen LogP contribution in [0.5, 0.6) is 0 Å². The summed E-state index contributed by atoms with van der Waals surface area (Å²) >= 11 is 0. The number of hydrogen-bond donors (Lipinski definition) is 2. The molecule has 0 bridgehead atoms. The van der Waals surface area contributed by atoms with Gasteiger partial charge in [0.15, 0.2) is 0 Å². The number of aryl methyl sites for hydroxylation is 2. The van der Waals surface area contributed by atoms with Gasteiger partial charge in [-0.3, -0.25) is 19.2 Å². The number of amides is 4. The van der Waals surface area contributed by atoms with Crippen LogP contribution in [0.1, 0.15) is 36.7 Å². The van der Waals surface area contributed by atoms with Crippen molar-refractivity contribution in [3.63, 3.8) is 0 Å². The van der Waals surface area contributed by atoms with E-state index in [1.807, 2.05) is 25.6 Å². The van der Waals surface area contributed by atoms with Gasteiger partial charge >= 0.3 is 6.03 Å². The van der Waals surface area contributed by atoms with E-state index >= 15 is 0 Å². The predicted molar refractivity (Wildman–Crippen MR) is 90.8 cm³/mol. The Hall–Kier alpha value is -2.38. The zero-order valence-corrected chi connectivity index (χ0v) is 15.2. The maximum absolute atomic E-state index is 12.5. The van der Waals surface area contributed by atoms with Gasteiger partial charge in [0.1, 0.15) is 12.1 Å². The summed E-state index contributed by atoms with van der Waals surface area (Å²) in [6, 6.07) is -0.478. The van der Waals surface area contributed by atoms with Crippen LogP contribution in [0.2, 0.25) is 0 Å². The molecule has 8 heteroatoms. The minimum absolute atomic E-state index is 0.188. The Morgan fingerprint density at radius 2 is 2.04 bits per heavy atom. The van der Waals surface area contributed by atoms with Gasteiger partial charge in [-0.05, 0) is 51.5 Å². The summed E-state index contributed by atoms with van der Waals surface area (Å²) in [7, 11) is 1.89. The minimum atomic E-state index is -0.846. The topological polar surface area (TPSA) is 96.3 Å². The molecule has 1 aromatic heterocycles. The average Bonchev–Trinajstić information content (AvgIpc) is 3.33. The zero-order valence-electron chi connectivity index (χ0n) is 15.2. The van der Waals surface area contributed by atoms with Gasteiger partial charge < -0.3 is 10.6 Å². The fraction of sp³-hybridized carbons (Fsp3) is 0.647. The lowest BCUT2D eigenvalue weighted by atomic mass is 9.96. The van der Waals surface area contributed by atoms with Gasteiger partial charge in [0.05, 0.1) is 5.69 Å². The van der Waals surface area contributed by atoms with E-state index in [2.05, 4.69) is 15.7 Å². The van der Waals surface area contributed by atoms with Crippen molar-refractivity contribution in [2.75, 3.05) is 13.1 Å². The largest absolute Gasteiger partial charge is 0.354 e. The van der Waals surface area contributed by atoms with Crippen molar-refractivity contribution in [3.8, 4) is 0 Å². The van der Waals surface area contributed by atoms with Crippen LogP contribution in [0, 0.1) is 19.8 Å². The molecule has 8 nitrogen and oxygen atoms in total. The molecule has 1 saturated carbocycles. The molecule has 2 aliphatic rings. The molecular formula is C17H25N5O3. The second kappa shape index (κ2) is 6.16. The van der Waals surface area contributed by atoms with Crippen molar-refractivity contribution < 1.29 is 14.4 Å². The van der Waals surface area contributed by atoms with Crippen molar-refractivity contribution in [2.24, 2.45) is 13.0 Å².